The van der Waals surface area contributed by atoms with E-state index < -0.39 is 5.97 Å². The van der Waals surface area contributed by atoms with Crippen LogP contribution in [0.4, 0.5) is 0 Å². The van der Waals surface area contributed by atoms with Gasteiger partial charge in [0.1, 0.15) is 0 Å². The van der Waals surface area contributed by atoms with Crippen molar-refractivity contribution in [1.29, 1.82) is 0 Å². The van der Waals surface area contributed by atoms with Gasteiger partial charge in [-0.05, 0) is 43.4 Å². The predicted octanol–water partition coefficient (Wildman–Crippen LogP) is 2.96. The Morgan fingerprint density at radius 1 is 1.21 bits per heavy atom. The van der Waals surface area contributed by atoms with Gasteiger partial charge in [-0.3, -0.25) is 9.59 Å². The van der Waals surface area contributed by atoms with Gasteiger partial charge in [0, 0.05) is 19.4 Å². The van der Waals surface area contributed by atoms with Gasteiger partial charge in [0.15, 0.2) is 0 Å². The largest absolute Gasteiger partial charge is 0.481 e. The molecule has 1 aliphatic rings. The maximum Gasteiger partial charge on any atom is 0.303 e. The number of carbonyl (C=O) groups is 2. The summed E-state index contributed by atoms with van der Waals surface area (Å²) < 4.78 is 0. The van der Waals surface area contributed by atoms with Crippen LogP contribution in [0.1, 0.15) is 65.2 Å². The lowest BCUT2D eigenvalue weighted by Gasteiger charge is -2.43. The van der Waals surface area contributed by atoms with Crippen LogP contribution in [0, 0.1) is 11.3 Å². The van der Waals surface area contributed by atoms with E-state index in [1.54, 1.807) is 0 Å². The minimum atomic E-state index is -0.786. The smallest absolute Gasteiger partial charge is 0.303 e. The molecule has 0 aromatic rings. The highest BCUT2D eigenvalue weighted by atomic mass is 16.4. The molecule has 2 N–H and O–H groups in total. The second-order valence-electron chi connectivity index (χ2n) is 6.33. The number of carboxylic acids is 1. The lowest BCUT2D eigenvalue weighted by molar-refractivity contribution is -0.137. The van der Waals surface area contributed by atoms with E-state index in [1.807, 2.05) is 0 Å². The molecule has 0 saturated heterocycles. The Kier molecular flexibility index (Phi) is 6.32. The summed E-state index contributed by atoms with van der Waals surface area (Å²) in [5.74, 6) is -0.0426. The molecule has 110 valence electrons. The molecule has 1 saturated carbocycles. The lowest BCUT2D eigenvalue weighted by atomic mass is 9.64. The summed E-state index contributed by atoms with van der Waals surface area (Å²) >= 11 is 0. The number of aliphatic carboxylic acids is 1. The Morgan fingerprint density at radius 3 is 2.32 bits per heavy atom. The number of hydrogen-bond donors (Lipinski definition) is 2. The normalized spacial score (nSPS) is 17.0. The SMILES string of the molecule is CC(C)CC1(CNC(=O)CCCCC(=O)O)CCC1. The maximum absolute atomic E-state index is 11.7. The fourth-order valence-electron chi connectivity index (χ4n) is 2.93. The van der Waals surface area contributed by atoms with Crippen LogP contribution in [0.5, 0.6) is 0 Å². The van der Waals surface area contributed by atoms with Crippen molar-refractivity contribution in [3.05, 3.63) is 0 Å². The minimum Gasteiger partial charge on any atom is -0.481 e. The fraction of sp³-hybridized carbons (Fsp3) is 0.867. The van der Waals surface area contributed by atoms with Gasteiger partial charge in [-0.1, -0.05) is 20.3 Å². The van der Waals surface area contributed by atoms with Crippen LogP contribution >= 0.6 is 0 Å². The van der Waals surface area contributed by atoms with Gasteiger partial charge in [0.25, 0.3) is 0 Å². The van der Waals surface area contributed by atoms with Crippen molar-refractivity contribution in [3.8, 4) is 0 Å². The van der Waals surface area contributed by atoms with E-state index in [2.05, 4.69) is 19.2 Å². The van der Waals surface area contributed by atoms with Crippen LogP contribution in [0.15, 0.2) is 0 Å². The van der Waals surface area contributed by atoms with Gasteiger partial charge < -0.3 is 10.4 Å². The van der Waals surface area contributed by atoms with Crippen LogP contribution in [0.25, 0.3) is 0 Å². The zero-order valence-corrected chi connectivity index (χ0v) is 12.2. The highest BCUT2D eigenvalue weighted by Crippen LogP contribution is 2.45. The van der Waals surface area contributed by atoms with E-state index in [0.29, 0.717) is 30.6 Å². The van der Waals surface area contributed by atoms with Crippen molar-refractivity contribution in [2.45, 2.75) is 65.2 Å². The molecule has 4 heteroatoms. The van der Waals surface area contributed by atoms with Gasteiger partial charge >= 0.3 is 5.97 Å². The topological polar surface area (TPSA) is 66.4 Å². The highest BCUT2D eigenvalue weighted by molar-refractivity contribution is 5.76. The maximum atomic E-state index is 11.7. The second kappa shape index (κ2) is 7.51. The molecule has 0 atom stereocenters. The number of amides is 1. The molecule has 0 radical (unpaired) electrons. The van der Waals surface area contributed by atoms with E-state index >= 15 is 0 Å². The summed E-state index contributed by atoms with van der Waals surface area (Å²) in [5, 5.41) is 11.5. The monoisotopic (exact) mass is 269 g/mol. The molecule has 1 amide bonds. The molecule has 0 aromatic heterocycles. The number of carbonyl (C=O) groups excluding carboxylic acids is 1. The predicted molar refractivity (Wildman–Crippen MR) is 74.9 cm³/mol. The molecule has 0 spiro atoms. The average molecular weight is 269 g/mol. The van der Waals surface area contributed by atoms with Crippen molar-refractivity contribution in [2.75, 3.05) is 6.54 Å². The van der Waals surface area contributed by atoms with Crippen LogP contribution in [0.3, 0.4) is 0 Å². The summed E-state index contributed by atoms with van der Waals surface area (Å²) in [6.45, 7) is 5.25. The Labute approximate surface area is 116 Å². The van der Waals surface area contributed by atoms with Gasteiger partial charge in [0.2, 0.25) is 5.91 Å². The first-order chi connectivity index (χ1) is 8.93. The molecule has 1 aliphatic carbocycles. The quantitative estimate of drug-likeness (QED) is 0.632. The third-order valence-corrected chi connectivity index (χ3v) is 3.96. The van der Waals surface area contributed by atoms with Gasteiger partial charge in [-0.15, -0.1) is 0 Å². The van der Waals surface area contributed by atoms with E-state index in [9.17, 15) is 9.59 Å². The first-order valence-electron chi connectivity index (χ1n) is 7.42. The van der Waals surface area contributed by atoms with E-state index in [4.69, 9.17) is 5.11 Å². The Bertz CT molecular complexity index is 309. The summed E-state index contributed by atoms with van der Waals surface area (Å²) in [4.78, 5) is 22.1. The van der Waals surface area contributed by atoms with Crippen LogP contribution in [0.2, 0.25) is 0 Å². The number of unbranched alkanes of at least 4 members (excludes halogenated alkanes) is 1. The molecule has 0 unspecified atom stereocenters. The van der Waals surface area contributed by atoms with Crippen molar-refractivity contribution in [1.82, 2.24) is 5.32 Å². The van der Waals surface area contributed by atoms with E-state index in [1.165, 1.54) is 25.7 Å². The number of hydrogen-bond acceptors (Lipinski definition) is 2. The van der Waals surface area contributed by atoms with Crippen molar-refractivity contribution in [3.63, 3.8) is 0 Å². The van der Waals surface area contributed by atoms with Crippen LogP contribution in [-0.4, -0.2) is 23.5 Å². The Hall–Kier alpha value is -1.06. The van der Waals surface area contributed by atoms with Crippen LogP contribution < -0.4 is 5.32 Å². The molecule has 0 aromatic carbocycles. The zero-order chi connectivity index (χ0) is 14.3. The van der Waals surface area contributed by atoms with Crippen molar-refractivity contribution in [2.24, 2.45) is 11.3 Å². The molecule has 19 heavy (non-hydrogen) atoms. The second-order valence-corrected chi connectivity index (χ2v) is 6.33. The third kappa shape index (κ3) is 6.08. The fourth-order valence-corrected chi connectivity index (χ4v) is 2.93. The molecule has 1 fully saturated rings. The minimum absolute atomic E-state index is 0.0698. The summed E-state index contributed by atoms with van der Waals surface area (Å²) in [7, 11) is 0. The number of nitrogens with one attached hydrogen (secondary N) is 1. The van der Waals surface area contributed by atoms with Gasteiger partial charge in [0.05, 0.1) is 0 Å². The third-order valence-electron chi connectivity index (χ3n) is 3.96. The molecule has 0 heterocycles. The molecular weight excluding hydrogens is 242 g/mol. The van der Waals surface area contributed by atoms with Gasteiger partial charge in [-0.25, -0.2) is 0 Å². The lowest BCUT2D eigenvalue weighted by Crippen LogP contribution is -2.42. The molecular formula is C15H27NO3. The van der Waals surface area contributed by atoms with Crippen molar-refractivity contribution < 1.29 is 14.7 Å². The summed E-state index contributed by atoms with van der Waals surface area (Å²) in [6, 6.07) is 0. The molecule has 0 bridgehead atoms. The first kappa shape index (κ1) is 16.0. The zero-order valence-electron chi connectivity index (χ0n) is 12.2. The van der Waals surface area contributed by atoms with Gasteiger partial charge in [-0.2, -0.15) is 0 Å². The summed E-state index contributed by atoms with van der Waals surface area (Å²) in [5.41, 5.74) is 0.338. The number of rotatable bonds is 9. The first-order valence-corrected chi connectivity index (χ1v) is 7.42. The standard InChI is InChI=1S/C15H27NO3/c1-12(2)10-15(8-5-9-15)11-16-13(17)6-3-4-7-14(18)19/h12H,3-11H2,1-2H3,(H,16,17)(H,18,19). The number of carboxylic acid groups (broad SMARTS) is 1. The highest BCUT2D eigenvalue weighted by Gasteiger charge is 2.37. The van der Waals surface area contributed by atoms with E-state index in [-0.39, 0.29) is 12.3 Å². The summed E-state index contributed by atoms with van der Waals surface area (Å²) in [6.07, 6.45) is 6.77. The molecule has 4 nitrogen and oxygen atoms in total. The Balaban J connectivity index is 2.16. The average Bonchev–Trinajstić information content (AvgIpc) is 2.27. The van der Waals surface area contributed by atoms with E-state index in [0.717, 1.165) is 6.54 Å². The molecule has 1 rings (SSSR count). The van der Waals surface area contributed by atoms with Crippen LogP contribution in [-0.2, 0) is 9.59 Å². The Morgan fingerprint density at radius 2 is 1.84 bits per heavy atom. The van der Waals surface area contributed by atoms with Crippen molar-refractivity contribution >= 4 is 11.9 Å². The molecule has 0 aliphatic heterocycles.